The van der Waals surface area contributed by atoms with Gasteiger partial charge in [-0.25, -0.2) is 4.98 Å². The molecule has 1 fully saturated rings. The summed E-state index contributed by atoms with van der Waals surface area (Å²) in [6.45, 7) is 10.7. The molecule has 0 bridgehead atoms. The number of rotatable bonds is 5. The van der Waals surface area contributed by atoms with Crippen LogP contribution in [-0.2, 0) is 9.47 Å². The number of anilines is 1. The van der Waals surface area contributed by atoms with E-state index in [0.29, 0.717) is 36.3 Å². The van der Waals surface area contributed by atoms with E-state index in [0.717, 1.165) is 18.1 Å². The van der Waals surface area contributed by atoms with Crippen LogP contribution in [0.1, 0.15) is 29.3 Å². The molecular formula is C13H18N2O3S. The first-order chi connectivity index (χ1) is 9.13. The predicted molar refractivity (Wildman–Crippen MR) is 75.8 cm³/mol. The molecule has 5 nitrogen and oxygen atoms in total. The number of aromatic nitrogens is 1. The lowest BCUT2D eigenvalue weighted by molar-refractivity contribution is 0.101. The Balaban J connectivity index is 2.29. The van der Waals surface area contributed by atoms with E-state index < -0.39 is 0 Å². The van der Waals surface area contributed by atoms with Crippen LogP contribution in [0.3, 0.4) is 0 Å². The maximum Gasteiger partial charge on any atom is 0.181 e. The number of carbonyl (C=O) groups is 1. The third-order valence-electron chi connectivity index (χ3n) is 2.80. The molecule has 1 aromatic heterocycles. The number of morpholine rings is 1. The topological polar surface area (TPSA) is 51.7 Å². The van der Waals surface area contributed by atoms with E-state index in [1.807, 2.05) is 6.92 Å². The number of ketones is 1. The van der Waals surface area contributed by atoms with E-state index in [1.54, 1.807) is 0 Å². The third kappa shape index (κ3) is 3.13. The van der Waals surface area contributed by atoms with Crippen LogP contribution in [0.2, 0.25) is 0 Å². The van der Waals surface area contributed by atoms with E-state index >= 15 is 0 Å². The Bertz CT molecular complexity index is 478. The average Bonchev–Trinajstić information content (AvgIpc) is 2.85. The number of hydrogen-bond acceptors (Lipinski definition) is 6. The summed E-state index contributed by atoms with van der Waals surface area (Å²) in [5.74, 6) is 0.489. The van der Waals surface area contributed by atoms with Gasteiger partial charge < -0.3 is 14.4 Å². The summed E-state index contributed by atoms with van der Waals surface area (Å²) >= 11 is 1.46. The zero-order chi connectivity index (χ0) is 13.8. The minimum atomic E-state index is -0.0340. The highest BCUT2D eigenvalue weighted by Gasteiger charge is 2.23. The zero-order valence-electron chi connectivity index (χ0n) is 11.3. The molecule has 1 aliphatic heterocycles. The maximum atomic E-state index is 11.7. The predicted octanol–water partition coefficient (Wildman–Crippen LogP) is 2.19. The Morgan fingerprint density at radius 2 is 2.21 bits per heavy atom. The van der Waals surface area contributed by atoms with Gasteiger partial charge in [-0.1, -0.05) is 17.9 Å². The first kappa shape index (κ1) is 14.0. The van der Waals surface area contributed by atoms with E-state index in [1.165, 1.54) is 18.3 Å². The van der Waals surface area contributed by atoms with Crippen molar-refractivity contribution in [3.63, 3.8) is 0 Å². The molecule has 0 aromatic carbocycles. The van der Waals surface area contributed by atoms with Crippen molar-refractivity contribution in [3.05, 3.63) is 17.3 Å². The number of hydrogen-bond donors (Lipinski definition) is 0. The van der Waals surface area contributed by atoms with Crippen LogP contribution in [-0.4, -0.2) is 43.7 Å². The highest BCUT2D eigenvalue weighted by Crippen LogP contribution is 2.33. The van der Waals surface area contributed by atoms with Crippen LogP contribution in [0.25, 0.3) is 5.76 Å². The van der Waals surface area contributed by atoms with Crippen molar-refractivity contribution in [3.8, 4) is 0 Å². The van der Waals surface area contributed by atoms with Crippen LogP contribution < -0.4 is 4.90 Å². The van der Waals surface area contributed by atoms with E-state index in [-0.39, 0.29) is 5.78 Å². The molecule has 1 saturated heterocycles. The van der Waals surface area contributed by atoms with Gasteiger partial charge in [0.15, 0.2) is 10.8 Å². The summed E-state index contributed by atoms with van der Waals surface area (Å²) in [7, 11) is 0. The van der Waals surface area contributed by atoms with Crippen molar-refractivity contribution in [2.45, 2.75) is 13.8 Å². The quantitative estimate of drug-likeness (QED) is 0.612. The fourth-order valence-electron chi connectivity index (χ4n) is 1.88. The first-order valence-corrected chi connectivity index (χ1v) is 7.11. The van der Waals surface area contributed by atoms with Gasteiger partial charge in [0, 0.05) is 20.0 Å². The van der Waals surface area contributed by atoms with Crippen molar-refractivity contribution in [1.29, 1.82) is 0 Å². The number of ether oxygens (including phenoxy) is 2. The van der Waals surface area contributed by atoms with Crippen LogP contribution in [0.15, 0.2) is 6.58 Å². The molecule has 1 aliphatic rings. The standard InChI is InChI=1S/C13H18N2O3S/c1-4-18-10(3)12-14-11(9(2)16)13(19-12)15-5-7-17-8-6-15/h3-8H2,1-2H3. The van der Waals surface area contributed by atoms with E-state index in [4.69, 9.17) is 9.47 Å². The molecule has 2 heterocycles. The fraction of sp³-hybridized carbons (Fsp3) is 0.538. The normalized spacial score (nSPS) is 15.4. The summed E-state index contributed by atoms with van der Waals surface area (Å²) in [5.41, 5.74) is 0.503. The highest BCUT2D eigenvalue weighted by atomic mass is 32.1. The first-order valence-electron chi connectivity index (χ1n) is 6.30. The monoisotopic (exact) mass is 282 g/mol. The van der Waals surface area contributed by atoms with Gasteiger partial charge in [-0.05, 0) is 6.92 Å². The number of carbonyl (C=O) groups excluding carboxylic acids is 1. The molecule has 0 aliphatic carbocycles. The molecule has 104 valence electrons. The molecular weight excluding hydrogens is 264 g/mol. The van der Waals surface area contributed by atoms with E-state index in [9.17, 15) is 4.79 Å². The lowest BCUT2D eigenvalue weighted by Crippen LogP contribution is -2.36. The summed E-state index contributed by atoms with van der Waals surface area (Å²) in [4.78, 5) is 18.2. The second-order valence-corrected chi connectivity index (χ2v) is 5.16. The smallest absolute Gasteiger partial charge is 0.181 e. The molecule has 2 rings (SSSR count). The summed E-state index contributed by atoms with van der Waals surface area (Å²) < 4.78 is 10.7. The fourth-order valence-corrected chi connectivity index (χ4v) is 2.97. The van der Waals surface area contributed by atoms with Crippen LogP contribution in [0, 0.1) is 0 Å². The minimum absolute atomic E-state index is 0.0340. The molecule has 0 atom stereocenters. The number of Topliss-reactive ketones (excluding diaryl/α,β-unsaturated/α-hetero) is 1. The van der Waals surface area contributed by atoms with Gasteiger partial charge in [0.1, 0.15) is 16.5 Å². The largest absolute Gasteiger partial charge is 0.491 e. The Hall–Kier alpha value is -1.40. The molecule has 0 unspecified atom stereocenters. The number of nitrogens with zero attached hydrogens (tertiary/aromatic N) is 2. The van der Waals surface area contributed by atoms with Crippen molar-refractivity contribution >= 4 is 27.9 Å². The molecule has 19 heavy (non-hydrogen) atoms. The van der Waals surface area contributed by atoms with Crippen LogP contribution >= 0.6 is 11.3 Å². The lowest BCUT2D eigenvalue weighted by atomic mass is 10.3. The zero-order valence-corrected chi connectivity index (χ0v) is 12.1. The molecule has 0 amide bonds. The summed E-state index contributed by atoms with van der Waals surface area (Å²) in [6, 6.07) is 0. The van der Waals surface area contributed by atoms with E-state index in [2.05, 4.69) is 16.5 Å². The van der Waals surface area contributed by atoms with Gasteiger partial charge >= 0.3 is 0 Å². The molecule has 1 aromatic rings. The summed E-state index contributed by atoms with van der Waals surface area (Å²) in [5, 5.41) is 1.57. The molecule has 0 radical (unpaired) electrons. The highest BCUT2D eigenvalue weighted by molar-refractivity contribution is 7.17. The SMILES string of the molecule is C=C(OCC)c1nc(C(C)=O)c(N2CCOCC2)s1. The maximum absolute atomic E-state index is 11.7. The van der Waals surface area contributed by atoms with Crippen molar-refractivity contribution in [2.24, 2.45) is 0 Å². The molecule has 0 spiro atoms. The minimum Gasteiger partial charge on any atom is -0.491 e. The van der Waals surface area contributed by atoms with Gasteiger partial charge in [0.25, 0.3) is 0 Å². The van der Waals surface area contributed by atoms with Gasteiger partial charge in [0.05, 0.1) is 19.8 Å². The molecule has 0 N–H and O–H groups in total. The van der Waals surface area contributed by atoms with Crippen molar-refractivity contribution in [2.75, 3.05) is 37.8 Å². The molecule has 0 saturated carbocycles. The molecule has 6 heteroatoms. The number of thiazole rings is 1. The Kier molecular flexibility index (Phi) is 4.55. The van der Waals surface area contributed by atoms with Gasteiger partial charge in [0.2, 0.25) is 0 Å². The Labute approximate surface area is 116 Å². The van der Waals surface area contributed by atoms with Crippen molar-refractivity contribution < 1.29 is 14.3 Å². The Morgan fingerprint density at radius 3 is 2.79 bits per heavy atom. The van der Waals surface area contributed by atoms with Crippen LogP contribution in [0.4, 0.5) is 5.00 Å². The Morgan fingerprint density at radius 1 is 1.53 bits per heavy atom. The third-order valence-corrected chi connectivity index (χ3v) is 3.96. The second-order valence-electron chi connectivity index (χ2n) is 4.18. The lowest BCUT2D eigenvalue weighted by Gasteiger charge is -2.27. The van der Waals surface area contributed by atoms with Gasteiger partial charge in [-0.3, -0.25) is 4.79 Å². The van der Waals surface area contributed by atoms with Crippen LogP contribution in [0.5, 0.6) is 0 Å². The average molecular weight is 282 g/mol. The summed E-state index contributed by atoms with van der Waals surface area (Å²) in [6.07, 6.45) is 0. The van der Waals surface area contributed by atoms with Gasteiger partial charge in [-0.15, -0.1) is 0 Å². The second kappa shape index (κ2) is 6.16. The van der Waals surface area contributed by atoms with Crippen molar-refractivity contribution in [1.82, 2.24) is 4.98 Å². The van der Waals surface area contributed by atoms with Gasteiger partial charge in [-0.2, -0.15) is 0 Å².